The molecule has 294 valence electrons. The Morgan fingerprint density at radius 1 is 0.793 bits per heavy atom. The van der Waals surface area contributed by atoms with Crippen LogP contribution < -0.4 is 9.47 Å². The molecule has 0 spiro atoms. The fourth-order valence-corrected chi connectivity index (χ4v) is 8.98. The number of phenols is 1. The van der Waals surface area contributed by atoms with Crippen molar-refractivity contribution in [1.82, 2.24) is 19.8 Å². The van der Waals surface area contributed by atoms with Crippen molar-refractivity contribution < 1.29 is 38.1 Å². The fourth-order valence-electron chi connectivity index (χ4n) is 8.98. The molecule has 4 atom stereocenters. The Balaban J connectivity index is 0.778. The van der Waals surface area contributed by atoms with Crippen molar-refractivity contribution in [3.8, 4) is 28.6 Å². The number of hydrogen-bond donors (Lipinski definition) is 1. The van der Waals surface area contributed by atoms with E-state index in [1.807, 2.05) is 36.4 Å². The predicted octanol–water partition coefficient (Wildman–Crippen LogP) is 6.67. The van der Waals surface area contributed by atoms with Gasteiger partial charge in [-0.05, 0) is 102 Å². The number of nitrogens with zero attached hydrogens (tertiary/aromatic N) is 4. The summed E-state index contributed by atoms with van der Waals surface area (Å²) in [5.41, 5.74) is 6.08. The largest absolute Gasteiger partial charge is 0.508 e. The van der Waals surface area contributed by atoms with Crippen molar-refractivity contribution >= 4 is 23.4 Å². The monoisotopic (exact) mass is 780 g/mol. The number of aromatic hydroxyl groups is 1. The van der Waals surface area contributed by atoms with E-state index in [1.54, 1.807) is 36.7 Å². The highest BCUT2D eigenvalue weighted by molar-refractivity contribution is 6.24. The van der Waals surface area contributed by atoms with Crippen LogP contribution in [0.5, 0.6) is 17.4 Å². The van der Waals surface area contributed by atoms with E-state index in [0.717, 1.165) is 59.7 Å². The number of amides is 2. The van der Waals surface area contributed by atoms with E-state index in [1.165, 1.54) is 17.7 Å². The summed E-state index contributed by atoms with van der Waals surface area (Å²) in [6.07, 6.45) is 5.66. The number of ether oxygens (including phenoxy) is 2. The summed E-state index contributed by atoms with van der Waals surface area (Å²) in [4.78, 5) is 62.9. The number of rotatable bonds is 10. The minimum atomic E-state index is -0.921. The third kappa shape index (κ3) is 7.35. The van der Waals surface area contributed by atoms with E-state index >= 15 is 0 Å². The Morgan fingerprint density at radius 2 is 1.59 bits per heavy atom. The first-order chi connectivity index (χ1) is 28.2. The number of carbonyl (C=O) groups excluding carboxylic acids is 4. The van der Waals surface area contributed by atoms with Crippen molar-refractivity contribution in [1.29, 1.82) is 0 Å². The van der Waals surface area contributed by atoms with Crippen LogP contribution in [-0.2, 0) is 16.0 Å². The van der Waals surface area contributed by atoms with Crippen LogP contribution in [0, 0.1) is 5.82 Å². The minimum absolute atomic E-state index is 0.0600. The average Bonchev–Trinajstić information content (AvgIpc) is 3.78. The van der Waals surface area contributed by atoms with Gasteiger partial charge in [-0.2, -0.15) is 0 Å². The van der Waals surface area contributed by atoms with Gasteiger partial charge in [-0.25, -0.2) is 14.4 Å². The fraction of sp³-hybridized carbons (Fsp3) is 0.304. The zero-order valence-electron chi connectivity index (χ0n) is 31.7. The lowest BCUT2D eigenvalue weighted by Crippen LogP contribution is -2.47. The van der Waals surface area contributed by atoms with Gasteiger partial charge >= 0.3 is 0 Å². The topological polar surface area (TPSA) is 139 Å². The van der Waals surface area contributed by atoms with Crippen LogP contribution >= 0.6 is 0 Å². The first kappa shape index (κ1) is 37.3. The number of aryl methyl sites for hydroxylation is 1. The highest BCUT2D eigenvalue weighted by atomic mass is 19.1. The maximum Gasteiger partial charge on any atom is 0.262 e. The summed E-state index contributed by atoms with van der Waals surface area (Å²) in [7, 11) is 0. The van der Waals surface area contributed by atoms with E-state index in [4.69, 9.17) is 9.47 Å². The Morgan fingerprint density at radius 3 is 2.36 bits per heavy atom. The maximum atomic E-state index is 13.8. The zero-order valence-corrected chi connectivity index (χ0v) is 31.7. The first-order valence-corrected chi connectivity index (χ1v) is 19.8. The molecule has 3 heterocycles. The van der Waals surface area contributed by atoms with Crippen LogP contribution in [0.2, 0.25) is 0 Å². The molecule has 1 unspecified atom stereocenters. The molecular weight excluding hydrogens is 740 g/mol. The first-order valence-electron chi connectivity index (χ1n) is 19.8. The predicted molar refractivity (Wildman–Crippen MR) is 210 cm³/mol. The smallest absolute Gasteiger partial charge is 0.262 e. The number of aromatic nitrogens is 2. The molecule has 11 nitrogen and oxygen atoms in total. The molecule has 0 bridgehead atoms. The molecule has 5 aromatic rings. The van der Waals surface area contributed by atoms with Crippen LogP contribution in [0.1, 0.15) is 86.9 Å². The molecule has 0 radical (unpaired) electrons. The Labute approximate surface area is 334 Å². The number of benzene rings is 4. The number of imide groups is 1. The van der Waals surface area contributed by atoms with Crippen molar-refractivity contribution in [2.75, 3.05) is 26.2 Å². The van der Waals surface area contributed by atoms with Gasteiger partial charge < -0.3 is 14.6 Å². The van der Waals surface area contributed by atoms with Gasteiger partial charge in [-0.1, -0.05) is 36.4 Å². The summed E-state index contributed by atoms with van der Waals surface area (Å²) in [6.45, 7) is 2.79. The van der Waals surface area contributed by atoms with Gasteiger partial charge in [0.15, 0.2) is 5.78 Å². The SMILES string of the molecule is O=C1CCC(N2C(=O)c3ccc(-c4cnc(O[C@H]5CCN(CCOc6ccc([C@@H]7c8ccc(O)cc8CC[C@@H]7c7ccc(F)cc7)cc6)C5)cn4)cc3C2=O)C(=O)C1. The van der Waals surface area contributed by atoms with Crippen LogP contribution in [0.25, 0.3) is 11.3 Å². The standard InChI is InChI=1S/C46H41FN4O7/c47-31-7-1-27(2-8-31)36-13-5-29-21-32(52)9-15-37(29)44(36)28-3-11-34(12-4-28)57-20-19-50-18-17-35(26-50)58-43-25-48-40(24-49-43)30-6-14-38-39(22-30)46(56)51(45(38)55)41-16-10-33(53)23-42(41)54/h1-4,6-9,11-12,14-15,21-22,24-25,35-36,41,44,52H,5,10,13,16-20,23,26H2/t35-,36+,41?,44-/m0/s1. The van der Waals surface area contributed by atoms with E-state index in [0.29, 0.717) is 30.3 Å². The lowest BCUT2D eigenvalue weighted by Gasteiger charge is -2.35. The van der Waals surface area contributed by atoms with Gasteiger partial charge in [-0.15, -0.1) is 0 Å². The van der Waals surface area contributed by atoms with Crippen LogP contribution in [-0.4, -0.2) is 86.6 Å². The van der Waals surface area contributed by atoms with Crippen LogP contribution in [0.15, 0.2) is 97.3 Å². The van der Waals surface area contributed by atoms with Crippen LogP contribution in [0.4, 0.5) is 4.39 Å². The van der Waals surface area contributed by atoms with Crippen molar-refractivity contribution in [3.63, 3.8) is 0 Å². The zero-order chi connectivity index (χ0) is 39.9. The summed E-state index contributed by atoms with van der Waals surface area (Å²) < 4.78 is 26.1. The number of hydrogen-bond acceptors (Lipinski definition) is 10. The van der Waals surface area contributed by atoms with E-state index in [2.05, 4.69) is 27.0 Å². The Bertz CT molecular complexity index is 2400. The van der Waals surface area contributed by atoms with E-state index in [9.17, 15) is 28.7 Å². The van der Waals surface area contributed by atoms with Gasteiger partial charge in [0.1, 0.15) is 35.8 Å². The molecule has 1 saturated heterocycles. The van der Waals surface area contributed by atoms with Crippen molar-refractivity contribution in [3.05, 3.63) is 137 Å². The second-order valence-corrected chi connectivity index (χ2v) is 15.5. The summed E-state index contributed by atoms with van der Waals surface area (Å²) in [5, 5.41) is 10.2. The quantitative estimate of drug-likeness (QED) is 0.121. The van der Waals surface area contributed by atoms with Crippen molar-refractivity contribution in [2.45, 2.75) is 62.5 Å². The molecule has 12 heteroatoms. The molecule has 2 aliphatic heterocycles. The lowest BCUT2D eigenvalue weighted by molar-refractivity contribution is -0.132. The molecule has 9 rings (SSSR count). The molecular formula is C46H41FN4O7. The molecule has 58 heavy (non-hydrogen) atoms. The number of phenolic OH excluding ortho intramolecular Hbond substituents is 1. The van der Waals surface area contributed by atoms with Gasteiger partial charge in [0, 0.05) is 37.5 Å². The third-order valence-electron chi connectivity index (χ3n) is 11.9. The molecule has 2 fully saturated rings. The number of fused-ring (bicyclic) bond motifs is 2. The van der Waals surface area contributed by atoms with E-state index in [-0.39, 0.29) is 65.7 Å². The maximum absolute atomic E-state index is 13.8. The number of likely N-dealkylation sites (tertiary alicyclic amines) is 1. The average molecular weight is 781 g/mol. The highest BCUT2D eigenvalue weighted by Gasteiger charge is 2.44. The molecule has 4 aliphatic rings. The Kier molecular flexibility index (Phi) is 10.0. The minimum Gasteiger partial charge on any atom is -0.508 e. The van der Waals surface area contributed by atoms with E-state index < -0.39 is 23.6 Å². The molecule has 1 aromatic heterocycles. The third-order valence-corrected chi connectivity index (χ3v) is 11.9. The van der Waals surface area contributed by atoms with Gasteiger partial charge in [0.25, 0.3) is 11.8 Å². The van der Waals surface area contributed by atoms with Crippen molar-refractivity contribution in [2.24, 2.45) is 0 Å². The second kappa shape index (κ2) is 15.6. The molecule has 2 amide bonds. The summed E-state index contributed by atoms with van der Waals surface area (Å²) >= 11 is 0. The highest BCUT2D eigenvalue weighted by Crippen LogP contribution is 2.47. The summed E-state index contributed by atoms with van der Waals surface area (Å²) in [5.74, 6) is -0.238. The normalized spacial score (nSPS) is 21.9. The lowest BCUT2D eigenvalue weighted by atomic mass is 9.69. The summed E-state index contributed by atoms with van der Waals surface area (Å²) in [6, 6.07) is 24.6. The van der Waals surface area contributed by atoms with Gasteiger partial charge in [-0.3, -0.25) is 29.0 Å². The number of carbonyl (C=O) groups is 4. The molecule has 1 N–H and O–H groups in total. The number of ketones is 2. The van der Waals surface area contributed by atoms with Gasteiger partial charge in [0.05, 0.1) is 41.7 Å². The van der Waals surface area contributed by atoms with Crippen LogP contribution in [0.3, 0.4) is 0 Å². The number of Topliss-reactive ketones (excluding diaryl/α,β-unsaturated/α-hetero) is 2. The van der Waals surface area contributed by atoms with Gasteiger partial charge in [0.2, 0.25) is 5.88 Å². The molecule has 2 aliphatic carbocycles. The Hall–Kier alpha value is -6.27. The number of halogens is 1. The molecule has 4 aromatic carbocycles. The molecule has 1 saturated carbocycles. The second-order valence-electron chi connectivity index (χ2n) is 15.5.